The Morgan fingerprint density at radius 1 is 1.06 bits per heavy atom. The number of amides is 1. The summed E-state index contributed by atoms with van der Waals surface area (Å²) in [6.45, 7) is 5.92. The Morgan fingerprint density at radius 3 is 2.19 bits per heavy atom. The van der Waals surface area contributed by atoms with E-state index in [9.17, 15) is 4.79 Å². The van der Waals surface area contributed by atoms with Gasteiger partial charge in [-0.15, -0.1) is 0 Å². The fraction of sp³-hybridized carbons (Fsp3) is 0.917. The summed E-state index contributed by atoms with van der Waals surface area (Å²) in [4.78, 5) is 14.3. The third-order valence-electron chi connectivity index (χ3n) is 3.97. The molecular weight excluding hydrogens is 202 g/mol. The van der Waals surface area contributed by atoms with E-state index in [0.29, 0.717) is 5.91 Å². The molecular formula is C12H23N3O. The quantitative estimate of drug-likeness (QED) is 0.673. The Hall–Kier alpha value is -0.610. The van der Waals surface area contributed by atoms with Crippen LogP contribution in [0.4, 0.5) is 0 Å². The third kappa shape index (κ3) is 2.74. The molecule has 0 atom stereocenters. The fourth-order valence-electron chi connectivity index (χ4n) is 2.63. The highest BCUT2D eigenvalue weighted by molar-refractivity contribution is 5.79. The van der Waals surface area contributed by atoms with Gasteiger partial charge in [0, 0.05) is 32.1 Å². The van der Waals surface area contributed by atoms with Gasteiger partial charge in [0.05, 0.1) is 0 Å². The van der Waals surface area contributed by atoms with Crippen molar-refractivity contribution in [2.45, 2.75) is 32.6 Å². The van der Waals surface area contributed by atoms with Crippen molar-refractivity contribution in [3.05, 3.63) is 0 Å². The molecule has 16 heavy (non-hydrogen) atoms. The van der Waals surface area contributed by atoms with Crippen LogP contribution in [-0.4, -0.2) is 42.0 Å². The van der Waals surface area contributed by atoms with Crippen LogP contribution >= 0.6 is 0 Å². The van der Waals surface area contributed by atoms with E-state index in [1.165, 1.54) is 12.8 Å². The second kappa shape index (κ2) is 5.15. The maximum Gasteiger partial charge on any atom is 0.225 e. The van der Waals surface area contributed by atoms with E-state index >= 15 is 0 Å². The first-order valence-corrected chi connectivity index (χ1v) is 6.45. The van der Waals surface area contributed by atoms with Crippen molar-refractivity contribution in [2.24, 2.45) is 17.7 Å². The maximum atomic E-state index is 12.2. The molecule has 0 spiro atoms. The number of carbonyl (C=O) groups is 1. The standard InChI is InChI=1S/C12H23N3O/c1-10-2-6-14(7-3-10)12(16)11-4-8-15(13)9-5-11/h10-11H,2-9,13H2,1H3. The number of nitrogens with two attached hydrogens (primary N) is 1. The molecule has 4 nitrogen and oxygen atoms in total. The topological polar surface area (TPSA) is 49.6 Å². The van der Waals surface area contributed by atoms with Crippen LogP contribution in [0.15, 0.2) is 0 Å². The number of piperidine rings is 2. The smallest absolute Gasteiger partial charge is 0.225 e. The number of hydrazine groups is 1. The van der Waals surface area contributed by atoms with Gasteiger partial charge in [0.1, 0.15) is 0 Å². The van der Waals surface area contributed by atoms with E-state index in [1.54, 1.807) is 0 Å². The molecule has 0 aromatic carbocycles. The summed E-state index contributed by atoms with van der Waals surface area (Å²) < 4.78 is 0. The van der Waals surface area contributed by atoms with Gasteiger partial charge < -0.3 is 4.90 Å². The highest BCUT2D eigenvalue weighted by atomic mass is 16.2. The molecule has 4 heteroatoms. The van der Waals surface area contributed by atoms with E-state index in [0.717, 1.165) is 44.9 Å². The van der Waals surface area contributed by atoms with Crippen LogP contribution in [-0.2, 0) is 4.79 Å². The molecule has 2 N–H and O–H groups in total. The Morgan fingerprint density at radius 2 is 1.62 bits per heavy atom. The second-order valence-corrected chi connectivity index (χ2v) is 5.32. The third-order valence-corrected chi connectivity index (χ3v) is 3.97. The Kier molecular flexibility index (Phi) is 3.82. The summed E-state index contributed by atoms with van der Waals surface area (Å²) in [7, 11) is 0. The van der Waals surface area contributed by atoms with Crippen LogP contribution in [0.3, 0.4) is 0 Å². The van der Waals surface area contributed by atoms with Gasteiger partial charge in [-0.25, -0.2) is 5.01 Å². The minimum atomic E-state index is 0.230. The summed E-state index contributed by atoms with van der Waals surface area (Å²) in [5.41, 5.74) is 0. The normalized spacial score (nSPS) is 26.0. The fourth-order valence-corrected chi connectivity index (χ4v) is 2.63. The van der Waals surface area contributed by atoms with Crippen molar-refractivity contribution < 1.29 is 4.79 Å². The number of nitrogens with zero attached hydrogens (tertiary/aromatic N) is 2. The second-order valence-electron chi connectivity index (χ2n) is 5.32. The maximum absolute atomic E-state index is 12.2. The van der Waals surface area contributed by atoms with Gasteiger partial charge >= 0.3 is 0 Å². The van der Waals surface area contributed by atoms with E-state index in [1.807, 2.05) is 5.01 Å². The van der Waals surface area contributed by atoms with Crippen molar-refractivity contribution in [1.29, 1.82) is 0 Å². The molecule has 2 heterocycles. The molecule has 2 rings (SSSR count). The van der Waals surface area contributed by atoms with Gasteiger partial charge in [0.2, 0.25) is 5.91 Å². The van der Waals surface area contributed by atoms with E-state index in [4.69, 9.17) is 5.84 Å². The minimum absolute atomic E-state index is 0.230. The van der Waals surface area contributed by atoms with Gasteiger partial charge in [-0.3, -0.25) is 10.6 Å². The number of hydrogen-bond acceptors (Lipinski definition) is 3. The molecule has 92 valence electrons. The predicted octanol–water partition coefficient (Wildman–Crippen LogP) is 0.831. The lowest BCUT2D eigenvalue weighted by atomic mass is 9.93. The molecule has 2 saturated heterocycles. The lowest BCUT2D eigenvalue weighted by molar-refractivity contribution is -0.138. The van der Waals surface area contributed by atoms with Crippen molar-refractivity contribution >= 4 is 5.91 Å². The van der Waals surface area contributed by atoms with Crippen LogP contribution in [0, 0.1) is 11.8 Å². The zero-order chi connectivity index (χ0) is 11.5. The zero-order valence-corrected chi connectivity index (χ0v) is 10.2. The molecule has 0 aromatic rings. The Labute approximate surface area is 97.7 Å². The number of carbonyl (C=O) groups excluding carboxylic acids is 1. The van der Waals surface area contributed by atoms with Gasteiger partial charge in [0.15, 0.2) is 0 Å². The van der Waals surface area contributed by atoms with E-state index < -0.39 is 0 Å². The predicted molar refractivity (Wildman–Crippen MR) is 63.5 cm³/mol. The van der Waals surface area contributed by atoms with E-state index in [-0.39, 0.29) is 5.92 Å². The zero-order valence-electron chi connectivity index (χ0n) is 10.2. The minimum Gasteiger partial charge on any atom is -0.342 e. The molecule has 2 aliphatic rings. The Bertz CT molecular complexity index is 217. The SMILES string of the molecule is CC1CCN(C(=O)C2CCN(N)CC2)CC1. The number of rotatable bonds is 1. The van der Waals surface area contributed by atoms with Gasteiger partial charge in [-0.2, -0.15) is 0 Å². The number of likely N-dealkylation sites (tertiary alicyclic amines) is 1. The van der Waals surface area contributed by atoms with Gasteiger partial charge in [-0.05, 0) is 31.6 Å². The Balaban J connectivity index is 1.83. The first-order chi connectivity index (χ1) is 7.66. The molecule has 0 saturated carbocycles. The molecule has 0 radical (unpaired) electrons. The summed E-state index contributed by atoms with van der Waals surface area (Å²) in [5, 5.41) is 1.82. The summed E-state index contributed by atoms with van der Waals surface area (Å²) in [5.74, 6) is 7.09. The summed E-state index contributed by atoms with van der Waals surface area (Å²) in [6.07, 6.45) is 4.20. The average Bonchev–Trinajstić information content (AvgIpc) is 2.30. The van der Waals surface area contributed by atoms with Crippen molar-refractivity contribution in [1.82, 2.24) is 9.91 Å². The van der Waals surface area contributed by atoms with Crippen LogP contribution in [0.25, 0.3) is 0 Å². The first-order valence-electron chi connectivity index (χ1n) is 6.45. The molecule has 2 aliphatic heterocycles. The lowest BCUT2D eigenvalue weighted by Crippen LogP contribution is -2.46. The van der Waals surface area contributed by atoms with Crippen LogP contribution < -0.4 is 5.84 Å². The van der Waals surface area contributed by atoms with Gasteiger partial charge in [-0.1, -0.05) is 6.92 Å². The van der Waals surface area contributed by atoms with Crippen molar-refractivity contribution in [3.8, 4) is 0 Å². The monoisotopic (exact) mass is 225 g/mol. The van der Waals surface area contributed by atoms with Crippen LogP contribution in [0.5, 0.6) is 0 Å². The average molecular weight is 225 g/mol. The molecule has 0 aliphatic carbocycles. The highest BCUT2D eigenvalue weighted by Gasteiger charge is 2.29. The molecule has 1 amide bonds. The van der Waals surface area contributed by atoms with Gasteiger partial charge in [0.25, 0.3) is 0 Å². The number of hydrogen-bond donors (Lipinski definition) is 1. The molecule has 0 bridgehead atoms. The first kappa shape index (κ1) is 11.9. The lowest BCUT2D eigenvalue weighted by Gasteiger charge is -2.35. The molecule has 0 unspecified atom stereocenters. The van der Waals surface area contributed by atoms with Crippen LogP contribution in [0.2, 0.25) is 0 Å². The summed E-state index contributed by atoms with van der Waals surface area (Å²) >= 11 is 0. The summed E-state index contributed by atoms with van der Waals surface area (Å²) in [6, 6.07) is 0. The van der Waals surface area contributed by atoms with Crippen LogP contribution in [0.1, 0.15) is 32.6 Å². The molecule has 0 aromatic heterocycles. The highest BCUT2D eigenvalue weighted by Crippen LogP contribution is 2.22. The van der Waals surface area contributed by atoms with Crippen molar-refractivity contribution in [3.63, 3.8) is 0 Å². The van der Waals surface area contributed by atoms with E-state index in [2.05, 4.69) is 11.8 Å². The largest absolute Gasteiger partial charge is 0.342 e. The molecule has 2 fully saturated rings. The van der Waals surface area contributed by atoms with Crippen molar-refractivity contribution in [2.75, 3.05) is 26.2 Å².